The van der Waals surface area contributed by atoms with E-state index in [-0.39, 0.29) is 11.5 Å². The third-order valence-electron chi connectivity index (χ3n) is 4.04. The van der Waals surface area contributed by atoms with Crippen LogP contribution in [0.1, 0.15) is 20.7 Å². The average molecular weight is 392 g/mol. The lowest BCUT2D eigenvalue weighted by atomic mass is 10.2. The molecule has 0 spiro atoms. The number of ether oxygens (including phenoxy) is 1. The molecule has 0 aliphatic heterocycles. The van der Waals surface area contributed by atoms with Gasteiger partial charge in [-0.05, 0) is 48.5 Å². The molecule has 6 nitrogen and oxygen atoms in total. The second-order valence-electron chi connectivity index (χ2n) is 5.95. The van der Waals surface area contributed by atoms with Crippen LogP contribution in [0.2, 0.25) is 5.02 Å². The van der Waals surface area contributed by atoms with Crippen molar-refractivity contribution in [3.8, 4) is 5.75 Å². The summed E-state index contributed by atoms with van der Waals surface area (Å²) in [6.07, 6.45) is 0. The van der Waals surface area contributed by atoms with Crippen LogP contribution >= 0.6 is 11.6 Å². The van der Waals surface area contributed by atoms with Gasteiger partial charge in [0.25, 0.3) is 5.91 Å². The van der Waals surface area contributed by atoms with Gasteiger partial charge < -0.3 is 9.72 Å². The normalized spacial score (nSPS) is 10.6. The predicted molar refractivity (Wildman–Crippen MR) is 107 cm³/mol. The molecule has 4 aromatic rings. The Morgan fingerprint density at radius 3 is 2.39 bits per heavy atom. The summed E-state index contributed by atoms with van der Waals surface area (Å²) in [4.78, 5) is 31.9. The van der Waals surface area contributed by atoms with Gasteiger partial charge in [-0.3, -0.25) is 10.1 Å². The van der Waals surface area contributed by atoms with Gasteiger partial charge in [0.05, 0.1) is 21.6 Å². The molecule has 2 N–H and O–H groups in total. The van der Waals surface area contributed by atoms with E-state index in [0.717, 1.165) is 11.0 Å². The second kappa shape index (κ2) is 7.54. The quantitative estimate of drug-likeness (QED) is 0.390. The molecular weight excluding hydrogens is 378 g/mol. The smallest absolute Gasteiger partial charge is 0.345 e. The van der Waals surface area contributed by atoms with Gasteiger partial charge in [0.1, 0.15) is 5.75 Å². The van der Waals surface area contributed by atoms with Crippen molar-refractivity contribution in [2.45, 2.75) is 0 Å². The molecule has 3 aromatic carbocycles. The van der Waals surface area contributed by atoms with Crippen LogP contribution < -0.4 is 10.1 Å². The molecule has 7 heteroatoms. The number of amides is 1. The third kappa shape index (κ3) is 3.72. The van der Waals surface area contributed by atoms with Crippen LogP contribution in [-0.2, 0) is 0 Å². The summed E-state index contributed by atoms with van der Waals surface area (Å²) in [7, 11) is 0. The van der Waals surface area contributed by atoms with Crippen LogP contribution in [0, 0.1) is 0 Å². The number of rotatable bonds is 4. The van der Waals surface area contributed by atoms with Crippen LogP contribution in [0.5, 0.6) is 5.75 Å². The highest BCUT2D eigenvalue weighted by Gasteiger charge is 2.13. The van der Waals surface area contributed by atoms with Crippen molar-refractivity contribution in [3.63, 3.8) is 0 Å². The molecule has 0 fully saturated rings. The number of carbonyl (C=O) groups excluding carboxylic acids is 2. The summed E-state index contributed by atoms with van der Waals surface area (Å²) in [5, 5.41) is 3.02. The van der Waals surface area contributed by atoms with Crippen molar-refractivity contribution in [1.82, 2.24) is 9.97 Å². The van der Waals surface area contributed by atoms with Crippen molar-refractivity contribution in [2.75, 3.05) is 5.32 Å². The molecule has 0 radical (unpaired) electrons. The molecule has 1 heterocycles. The van der Waals surface area contributed by atoms with Gasteiger partial charge in [-0.2, -0.15) is 0 Å². The average Bonchev–Trinajstić information content (AvgIpc) is 3.11. The van der Waals surface area contributed by atoms with Crippen molar-refractivity contribution < 1.29 is 14.3 Å². The zero-order valence-electron chi connectivity index (χ0n) is 14.5. The summed E-state index contributed by atoms with van der Waals surface area (Å²) in [5.41, 5.74) is 2.27. The highest BCUT2D eigenvalue weighted by atomic mass is 35.5. The van der Waals surface area contributed by atoms with E-state index in [1.807, 2.05) is 24.3 Å². The zero-order valence-corrected chi connectivity index (χ0v) is 15.2. The topological polar surface area (TPSA) is 84.1 Å². The summed E-state index contributed by atoms with van der Waals surface area (Å²) in [6, 6.07) is 20.3. The van der Waals surface area contributed by atoms with Gasteiger partial charge in [-0.15, -0.1) is 0 Å². The number of hydrogen-bond acceptors (Lipinski definition) is 4. The van der Waals surface area contributed by atoms with Gasteiger partial charge >= 0.3 is 5.97 Å². The number of para-hydroxylation sites is 2. The van der Waals surface area contributed by atoms with E-state index in [1.165, 1.54) is 0 Å². The Balaban J connectivity index is 1.44. The molecule has 0 bridgehead atoms. The first-order valence-corrected chi connectivity index (χ1v) is 8.81. The van der Waals surface area contributed by atoms with Crippen LogP contribution in [0.4, 0.5) is 5.95 Å². The fraction of sp³-hybridized carbons (Fsp3) is 0. The molecular formula is C21H14ClN3O3. The number of imidazole rings is 1. The fourth-order valence-electron chi connectivity index (χ4n) is 2.65. The minimum absolute atomic E-state index is 0.274. The third-order valence-corrected chi connectivity index (χ3v) is 4.37. The zero-order chi connectivity index (χ0) is 19.5. The Morgan fingerprint density at radius 1 is 0.929 bits per heavy atom. The number of esters is 1. The predicted octanol–water partition coefficient (Wildman–Crippen LogP) is 4.69. The van der Waals surface area contributed by atoms with Gasteiger partial charge in [-0.25, -0.2) is 9.78 Å². The Labute approximate surface area is 165 Å². The van der Waals surface area contributed by atoms with Crippen molar-refractivity contribution in [1.29, 1.82) is 0 Å². The Bertz CT molecular complexity index is 1140. The fourth-order valence-corrected chi connectivity index (χ4v) is 2.87. The van der Waals surface area contributed by atoms with Gasteiger partial charge in [-0.1, -0.05) is 35.9 Å². The number of carbonyl (C=O) groups is 2. The van der Waals surface area contributed by atoms with Crippen LogP contribution in [0.3, 0.4) is 0 Å². The van der Waals surface area contributed by atoms with E-state index in [4.69, 9.17) is 16.3 Å². The number of fused-ring (bicyclic) bond motifs is 1. The molecule has 138 valence electrons. The standard InChI is InChI=1S/C21H14ClN3O3/c22-16-6-2-1-5-15(16)20(27)28-14-11-9-13(10-12-14)19(26)25-21-23-17-7-3-4-8-18(17)24-21/h1-12H,(H2,23,24,25,26). The highest BCUT2D eigenvalue weighted by molar-refractivity contribution is 6.33. The maximum absolute atomic E-state index is 12.4. The van der Waals surface area contributed by atoms with Gasteiger partial charge in [0.15, 0.2) is 0 Å². The number of nitrogens with zero attached hydrogens (tertiary/aromatic N) is 1. The summed E-state index contributed by atoms with van der Waals surface area (Å²) < 4.78 is 5.30. The van der Waals surface area contributed by atoms with Crippen LogP contribution in [0.25, 0.3) is 11.0 Å². The minimum Gasteiger partial charge on any atom is -0.423 e. The number of anilines is 1. The highest BCUT2D eigenvalue weighted by Crippen LogP contribution is 2.20. The van der Waals surface area contributed by atoms with E-state index in [0.29, 0.717) is 22.3 Å². The molecule has 1 amide bonds. The van der Waals surface area contributed by atoms with E-state index < -0.39 is 5.97 Å². The van der Waals surface area contributed by atoms with Gasteiger partial charge in [0.2, 0.25) is 5.95 Å². The van der Waals surface area contributed by atoms with E-state index in [9.17, 15) is 9.59 Å². The molecule has 1 aromatic heterocycles. The number of nitrogens with one attached hydrogen (secondary N) is 2. The van der Waals surface area contributed by atoms with Crippen LogP contribution in [-0.4, -0.2) is 21.8 Å². The summed E-state index contributed by atoms with van der Waals surface area (Å²) >= 11 is 6.00. The molecule has 0 saturated carbocycles. The van der Waals surface area contributed by atoms with Crippen molar-refractivity contribution in [3.05, 3.63) is 88.9 Å². The first-order valence-electron chi connectivity index (χ1n) is 8.43. The lowest BCUT2D eigenvalue weighted by Gasteiger charge is -2.07. The summed E-state index contributed by atoms with van der Waals surface area (Å²) in [5.74, 6) is -0.223. The maximum atomic E-state index is 12.4. The molecule has 0 atom stereocenters. The van der Waals surface area contributed by atoms with E-state index >= 15 is 0 Å². The number of aromatic nitrogens is 2. The Morgan fingerprint density at radius 2 is 1.64 bits per heavy atom. The van der Waals surface area contributed by atoms with E-state index in [2.05, 4.69) is 15.3 Å². The monoisotopic (exact) mass is 391 g/mol. The number of benzene rings is 3. The Kier molecular flexibility index (Phi) is 4.78. The molecule has 0 aliphatic rings. The first kappa shape index (κ1) is 17.8. The SMILES string of the molecule is O=C(Nc1nc2ccccc2[nH]1)c1ccc(OC(=O)c2ccccc2Cl)cc1. The van der Waals surface area contributed by atoms with Crippen molar-refractivity contribution >= 4 is 40.5 Å². The molecule has 0 saturated heterocycles. The van der Waals surface area contributed by atoms with Gasteiger partial charge in [0, 0.05) is 5.56 Å². The van der Waals surface area contributed by atoms with E-state index in [1.54, 1.807) is 48.5 Å². The molecule has 28 heavy (non-hydrogen) atoms. The Hall–Kier alpha value is -3.64. The summed E-state index contributed by atoms with van der Waals surface area (Å²) in [6.45, 7) is 0. The number of halogens is 1. The maximum Gasteiger partial charge on any atom is 0.345 e. The van der Waals surface area contributed by atoms with Crippen LogP contribution in [0.15, 0.2) is 72.8 Å². The second-order valence-corrected chi connectivity index (χ2v) is 6.36. The minimum atomic E-state index is -0.565. The first-order chi connectivity index (χ1) is 13.6. The number of aromatic amines is 1. The largest absolute Gasteiger partial charge is 0.423 e. The number of hydrogen-bond donors (Lipinski definition) is 2. The molecule has 0 unspecified atom stereocenters. The lowest BCUT2D eigenvalue weighted by molar-refractivity contribution is 0.0735. The number of H-pyrrole nitrogens is 1. The lowest BCUT2D eigenvalue weighted by Crippen LogP contribution is -2.13. The molecule has 4 rings (SSSR count). The van der Waals surface area contributed by atoms with Crippen molar-refractivity contribution in [2.24, 2.45) is 0 Å². The molecule has 0 aliphatic carbocycles.